The van der Waals surface area contributed by atoms with Crippen LogP contribution in [0.15, 0.2) is 0 Å². The molecular formula is C15H27N3O2. The van der Waals surface area contributed by atoms with Crippen LogP contribution < -0.4 is 11.5 Å². The van der Waals surface area contributed by atoms with E-state index in [2.05, 4.69) is 6.92 Å². The van der Waals surface area contributed by atoms with Gasteiger partial charge in [-0.2, -0.15) is 0 Å². The summed E-state index contributed by atoms with van der Waals surface area (Å²) in [4.78, 5) is 25.5. The minimum absolute atomic E-state index is 0.0893. The molecule has 4 N–H and O–H groups in total. The smallest absolute Gasteiger partial charge is 0.226 e. The Hall–Kier alpha value is -1.10. The second kappa shape index (κ2) is 6.57. The number of carbonyl (C=O) groups is 2. The quantitative estimate of drug-likeness (QED) is 0.804. The van der Waals surface area contributed by atoms with Crippen LogP contribution >= 0.6 is 0 Å². The Bertz CT molecular complexity index is 364. The molecule has 2 aliphatic rings. The number of primary amides is 1. The summed E-state index contributed by atoms with van der Waals surface area (Å²) in [6, 6.07) is 0.174. The average Bonchev–Trinajstić information content (AvgIpc) is 2.41. The lowest BCUT2D eigenvalue weighted by Gasteiger charge is -2.38. The van der Waals surface area contributed by atoms with E-state index in [0.29, 0.717) is 18.3 Å². The lowest BCUT2D eigenvalue weighted by molar-refractivity contribution is -0.140. The van der Waals surface area contributed by atoms with Crippen molar-refractivity contribution in [3.05, 3.63) is 0 Å². The first-order valence-electron chi connectivity index (χ1n) is 7.80. The van der Waals surface area contributed by atoms with Crippen LogP contribution in [-0.2, 0) is 9.59 Å². The van der Waals surface area contributed by atoms with Crippen LogP contribution in [0.3, 0.4) is 0 Å². The number of hydrogen-bond acceptors (Lipinski definition) is 3. The van der Waals surface area contributed by atoms with Crippen LogP contribution in [0.2, 0.25) is 0 Å². The topological polar surface area (TPSA) is 89.4 Å². The van der Waals surface area contributed by atoms with Crippen LogP contribution in [0.1, 0.15) is 45.4 Å². The van der Waals surface area contributed by atoms with Gasteiger partial charge in [0.25, 0.3) is 0 Å². The van der Waals surface area contributed by atoms with E-state index in [0.717, 1.165) is 45.2 Å². The van der Waals surface area contributed by atoms with Crippen LogP contribution in [0.5, 0.6) is 0 Å². The van der Waals surface area contributed by atoms with Gasteiger partial charge in [0, 0.05) is 31.5 Å². The number of carbonyl (C=O) groups excluding carboxylic acids is 2. The minimum Gasteiger partial charge on any atom is -0.370 e. The van der Waals surface area contributed by atoms with Crippen LogP contribution in [-0.4, -0.2) is 35.8 Å². The van der Waals surface area contributed by atoms with E-state index in [1.807, 2.05) is 4.90 Å². The first-order valence-corrected chi connectivity index (χ1v) is 7.80. The summed E-state index contributed by atoms with van der Waals surface area (Å²) < 4.78 is 0. The number of hydrogen-bond donors (Lipinski definition) is 2. The summed E-state index contributed by atoms with van der Waals surface area (Å²) in [6.07, 6.45) is 5.14. The molecule has 1 heterocycles. The Labute approximate surface area is 121 Å². The third kappa shape index (κ3) is 3.72. The minimum atomic E-state index is -0.235. The molecule has 20 heavy (non-hydrogen) atoms. The SMILES string of the molecule is CC1CCC(N)CC1C(=O)N1CCC(CC(N)=O)CC1. The lowest BCUT2D eigenvalue weighted by atomic mass is 9.77. The van der Waals surface area contributed by atoms with Gasteiger partial charge in [-0.05, 0) is 43.9 Å². The van der Waals surface area contributed by atoms with E-state index >= 15 is 0 Å². The Balaban J connectivity index is 1.86. The summed E-state index contributed by atoms with van der Waals surface area (Å²) in [5.41, 5.74) is 11.2. The molecule has 1 aliphatic heterocycles. The maximum atomic E-state index is 12.6. The summed E-state index contributed by atoms with van der Waals surface area (Å²) in [7, 11) is 0. The zero-order chi connectivity index (χ0) is 14.7. The van der Waals surface area contributed by atoms with Crippen LogP contribution in [0.4, 0.5) is 0 Å². The number of rotatable bonds is 3. The summed E-state index contributed by atoms with van der Waals surface area (Å²) >= 11 is 0. The van der Waals surface area contributed by atoms with Crippen molar-refractivity contribution in [1.82, 2.24) is 4.90 Å². The Kier molecular flexibility index (Phi) is 5.02. The van der Waals surface area contributed by atoms with E-state index in [9.17, 15) is 9.59 Å². The molecule has 0 aromatic carbocycles. The van der Waals surface area contributed by atoms with Gasteiger partial charge >= 0.3 is 0 Å². The third-order valence-electron chi connectivity index (χ3n) is 4.97. The molecule has 2 fully saturated rings. The van der Waals surface area contributed by atoms with E-state index < -0.39 is 0 Å². The molecule has 1 saturated heterocycles. The standard InChI is InChI=1S/C15H27N3O2/c1-10-2-3-12(16)9-13(10)15(20)18-6-4-11(5-7-18)8-14(17)19/h10-13H,2-9,16H2,1H3,(H2,17,19). The number of piperidine rings is 1. The van der Waals surface area contributed by atoms with E-state index in [1.54, 1.807) is 0 Å². The van der Waals surface area contributed by atoms with Crippen molar-refractivity contribution in [3.8, 4) is 0 Å². The maximum absolute atomic E-state index is 12.6. The van der Waals surface area contributed by atoms with Crippen molar-refractivity contribution in [2.45, 2.75) is 51.5 Å². The van der Waals surface area contributed by atoms with Crippen molar-refractivity contribution < 1.29 is 9.59 Å². The molecule has 0 bridgehead atoms. The van der Waals surface area contributed by atoms with Gasteiger partial charge in [0.15, 0.2) is 0 Å². The first-order chi connectivity index (χ1) is 9.47. The summed E-state index contributed by atoms with van der Waals surface area (Å²) in [6.45, 7) is 3.68. The summed E-state index contributed by atoms with van der Waals surface area (Å²) in [5, 5.41) is 0. The van der Waals surface area contributed by atoms with Gasteiger partial charge < -0.3 is 16.4 Å². The van der Waals surface area contributed by atoms with Crippen molar-refractivity contribution in [1.29, 1.82) is 0 Å². The fraction of sp³-hybridized carbons (Fsp3) is 0.867. The average molecular weight is 281 g/mol. The predicted octanol–water partition coefficient (Wildman–Crippen LogP) is 0.864. The molecule has 114 valence electrons. The van der Waals surface area contributed by atoms with Gasteiger partial charge in [-0.15, -0.1) is 0 Å². The molecule has 2 amide bonds. The van der Waals surface area contributed by atoms with Gasteiger partial charge in [0.2, 0.25) is 11.8 Å². The van der Waals surface area contributed by atoms with Crippen molar-refractivity contribution >= 4 is 11.8 Å². The molecule has 0 spiro atoms. The fourth-order valence-electron chi connectivity index (χ4n) is 3.58. The second-order valence-electron chi connectivity index (χ2n) is 6.60. The second-order valence-corrected chi connectivity index (χ2v) is 6.60. The Morgan fingerprint density at radius 3 is 2.40 bits per heavy atom. The zero-order valence-electron chi connectivity index (χ0n) is 12.4. The number of amides is 2. The number of nitrogens with two attached hydrogens (primary N) is 2. The van der Waals surface area contributed by atoms with Gasteiger partial charge in [-0.25, -0.2) is 0 Å². The third-order valence-corrected chi connectivity index (χ3v) is 4.97. The number of nitrogens with zero attached hydrogens (tertiary/aromatic N) is 1. The van der Waals surface area contributed by atoms with Crippen molar-refractivity contribution in [2.75, 3.05) is 13.1 Å². The highest BCUT2D eigenvalue weighted by Gasteiger charge is 2.35. The molecule has 0 aromatic heterocycles. The highest BCUT2D eigenvalue weighted by Crippen LogP contribution is 2.32. The van der Waals surface area contributed by atoms with Gasteiger partial charge in [-0.3, -0.25) is 9.59 Å². The van der Waals surface area contributed by atoms with E-state index in [4.69, 9.17) is 11.5 Å². The Morgan fingerprint density at radius 2 is 1.80 bits per heavy atom. The normalized spacial score (nSPS) is 32.1. The molecule has 5 heteroatoms. The van der Waals surface area contributed by atoms with Gasteiger partial charge in [0.05, 0.1) is 0 Å². The summed E-state index contributed by atoms with van der Waals surface area (Å²) in [5.74, 6) is 0.909. The van der Waals surface area contributed by atoms with Crippen LogP contribution in [0.25, 0.3) is 0 Å². The number of likely N-dealkylation sites (tertiary alicyclic amines) is 1. The largest absolute Gasteiger partial charge is 0.370 e. The van der Waals surface area contributed by atoms with Crippen LogP contribution in [0, 0.1) is 17.8 Å². The highest BCUT2D eigenvalue weighted by molar-refractivity contribution is 5.79. The molecule has 1 aliphatic carbocycles. The molecule has 5 nitrogen and oxygen atoms in total. The predicted molar refractivity (Wildman–Crippen MR) is 77.6 cm³/mol. The molecule has 3 atom stereocenters. The highest BCUT2D eigenvalue weighted by atomic mass is 16.2. The zero-order valence-corrected chi connectivity index (χ0v) is 12.4. The fourth-order valence-corrected chi connectivity index (χ4v) is 3.58. The Morgan fingerprint density at radius 1 is 1.15 bits per heavy atom. The van der Waals surface area contributed by atoms with Gasteiger partial charge in [-0.1, -0.05) is 6.92 Å². The first kappa shape index (κ1) is 15.3. The monoisotopic (exact) mass is 281 g/mol. The molecule has 2 rings (SSSR count). The maximum Gasteiger partial charge on any atom is 0.226 e. The molecule has 0 radical (unpaired) electrons. The molecule has 1 saturated carbocycles. The lowest BCUT2D eigenvalue weighted by Crippen LogP contribution is -2.46. The van der Waals surface area contributed by atoms with Gasteiger partial charge in [0.1, 0.15) is 0 Å². The van der Waals surface area contributed by atoms with E-state index in [1.165, 1.54) is 0 Å². The van der Waals surface area contributed by atoms with E-state index in [-0.39, 0.29) is 23.8 Å². The molecular weight excluding hydrogens is 254 g/mol. The molecule has 3 unspecified atom stereocenters. The van der Waals surface area contributed by atoms with Crippen molar-refractivity contribution in [2.24, 2.45) is 29.2 Å². The van der Waals surface area contributed by atoms with Crippen molar-refractivity contribution in [3.63, 3.8) is 0 Å². The molecule has 0 aromatic rings.